The van der Waals surface area contributed by atoms with Gasteiger partial charge in [0.05, 0.1) is 23.7 Å². The standard InChI is InChI=1S/C26H30N4O4/c1-17-8-9-20-22(13-17)27-24(21-6-2-3-7-23(21)31)28-25(20)29-11-4-5-18(14-29)15-30(26(32)33)19-10-12-34-16-19/h2-3,6-9,13,18-19,31H,4-5,10-12,14-16H2,1H3,(H,32,33)/t18-,19-/m0/s1. The highest BCUT2D eigenvalue weighted by atomic mass is 16.5. The van der Waals surface area contributed by atoms with Gasteiger partial charge in [-0.3, -0.25) is 0 Å². The van der Waals surface area contributed by atoms with Gasteiger partial charge in [-0.15, -0.1) is 0 Å². The lowest BCUT2D eigenvalue weighted by Gasteiger charge is -2.37. The molecular weight excluding hydrogens is 432 g/mol. The molecule has 0 bridgehead atoms. The molecule has 8 nitrogen and oxygen atoms in total. The van der Waals surface area contributed by atoms with Gasteiger partial charge < -0.3 is 24.7 Å². The first-order valence-electron chi connectivity index (χ1n) is 11.9. The molecule has 2 aliphatic heterocycles. The Labute approximate surface area is 198 Å². The molecule has 3 heterocycles. The second kappa shape index (κ2) is 9.46. The van der Waals surface area contributed by atoms with Crippen LogP contribution >= 0.6 is 0 Å². The van der Waals surface area contributed by atoms with Crippen molar-refractivity contribution in [2.24, 2.45) is 5.92 Å². The number of aromatic nitrogens is 2. The largest absolute Gasteiger partial charge is 0.507 e. The Hall–Kier alpha value is -3.39. The first-order valence-corrected chi connectivity index (χ1v) is 11.9. The fraction of sp³-hybridized carbons (Fsp3) is 0.423. The number of aromatic hydroxyl groups is 1. The van der Waals surface area contributed by atoms with Crippen molar-refractivity contribution >= 4 is 22.8 Å². The van der Waals surface area contributed by atoms with Crippen molar-refractivity contribution in [2.45, 2.75) is 32.2 Å². The van der Waals surface area contributed by atoms with Gasteiger partial charge in [0.1, 0.15) is 11.6 Å². The maximum atomic E-state index is 12.0. The first-order chi connectivity index (χ1) is 16.5. The number of amides is 1. The molecule has 0 spiro atoms. The molecule has 2 saturated heterocycles. The summed E-state index contributed by atoms with van der Waals surface area (Å²) in [5, 5.41) is 21.2. The number of phenols is 1. The molecule has 0 radical (unpaired) electrons. The lowest BCUT2D eigenvalue weighted by Crippen LogP contribution is -2.47. The minimum atomic E-state index is -0.877. The minimum Gasteiger partial charge on any atom is -0.507 e. The van der Waals surface area contributed by atoms with Crippen molar-refractivity contribution in [3.8, 4) is 17.1 Å². The normalized spacial score (nSPS) is 20.6. The predicted molar refractivity (Wildman–Crippen MR) is 130 cm³/mol. The van der Waals surface area contributed by atoms with Crippen LogP contribution < -0.4 is 4.90 Å². The van der Waals surface area contributed by atoms with E-state index in [1.165, 1.54) is 0 Å². The Kier molecular flexibility index (Phi) is 6.24. The topological polar surface area (TPSA) is 99.0 Å². The molecule has 1 aromatic heterocycles. The molecule has 0 aliphatic carbocycles. The van der Waals surface area contributed by atoms with Gasteiger partial charge in [-0.25, -0.2) is 14.8 Å². The molecular formula is C26H30N4O4. The highest BCUT2D eigenvalue weighted by Crippen LogP contribution is 2.34. The Balaban J connectivity index is 1.48. The van der Waals surface area contributed by atoms with Crippen LogP contribution in [0.15, 0.2) is 42.5 Å². The molecule has 1 amide bonds. The number of hydrogen-bond donors (Lipinski definition) is 2. The lowest BCUT2D eigenvalue weighted by molar-refractivity contribution is 0.101. The third kappa shape index (κ3) is 4.50. The van der Waals surface area contributed by atoms with E-state index in [4.69, 9.17) is 14.7 Å². The SMILES string of the molecule is Cc1ccc2c(N3CCC[C@H](CN(C(=O)O)[C@H]4CCOC4)C3)nc(-c3ccccc3O)nc2c1. The van der Waals surface area contributed by atoms with E-state index < -0.39 is 6.09 Å². The summed E-state index contributed by atoms with van der Waals surface area (Å²) in [6.07, 6.45) is 1.81. The number of ether oxygens (including phenoxy) is 1. The highest BCUT2D eigenvalue weighted by Gasteiger charge is 2.32. The van der Waals surface area contributed by atoms with E-state index in [1.807, 2.05) is 25.1 Å². The van der Waals surface area contributed by atoms with Crippen LogP contribution in [-0.2, 0) is 4.74 Å². The van der Waals surface area contributed by atoms with E-state index in [0.717, 1.165) is 54.6 Å². The van der Waals surface area contributed by atoms with E-state index in [9.17, 15) is 15.0 Å². The zero-order valence-electron chi connectivity index (χ0n) is 19.4. The Bertz CT molecular complexity index is 1190. The summed E-state index contributed by atoms with van der Waals surface area (Å²) < 4.78 is 5.44. The summed E-state index contributed by atoms with van der Waals surface area (Å²) in [7, 11) is 0. The number of rotatable bonds is 5. The molecule has 2 aromatic carbocycles. The third-order valence-electron chi connectivity index (χ3n) is 6.84. The Morgan fingerprint density at radius 1 is 1.21 bits per heavy atom. The number of para-hydroxylation sites is 1. The summed E-state index contributed by atoms with van der Waals surface area (Å²) in [6, 6.07) is 13.2. The lowest BCUT2D eigenvalue weighted by atomic mass is 9.96. The van der Waals surface area contributed by atoms with Gasteiger partial charge in [-0.2, -0.15) is 0 Å². The number of phenolic OH excluding ortho intramolecular Hbond substituents is 1. The van der Waals surface area contributed by atoms with Gasteiger partial charge in [0.15, 0.2) is 5.82 Å². The smallest absolute Gasteiger partial charge is 0.407 e. The molecule has 8 heteroatoms. The van der Waals surface area contributed by atoms with Gasteiger partial charge in [-0.1, -0.05) is 18.2 Å². The van der Waals surface area contributed by atoms with E-state index in [1.54, 1.807) is 17.0 Å². The number of hydrogen-bond acceptors (Lipinski definition) is 6. The molecule has 2 aliphatic rings. The maximum absolute atomic E-state index is 12.0. The number of carbonyl (C=O) groups is 1. The van der Waals surface area contributed by atoms with E-state index in [2.05, 4.69) is 17.0 Å². The molecule has 178 valence electrons. The number of piperidine rings is 1. The summed E-state index contributed by atoms with van der Waals surface area (Å²) in [4.78, 5) is 25.5. The van der Waals surface area contributed by atoms with E-state index in [-0.39, 0.29) is 17.7 Å². The van der Waals surface area contributed by atoms with Crippen LogP contribution in [0.25, 0.3) is 22.3 Å². The summed E-state index contributed by atoms with van der Waals surface area (Å²) in [5.74, 6) is 1.67. The van der Waals surface area contributed by atoms with E-state index >= 15 is 0 Å². The molecule has 0 unspecified atom stereocenters. The molecule has 2 N–H and O–H groups in total. The zero-order valence-corrected chi connectivity index (χ0v) is 19.4. The predicted octanol–water partition coefficient (Wildman–Crippen LogP) is 4.30. The van der Waals surface area contributed by atoms with Crippen LogP contribution in [-0.4, -0.2) is 70.1 Å². The summed E-state index contributed by atoms with van der Waals surface area (Å²) >= 11 is 0. The van der Waals surface area contributed by atoms with Crippen LogP contribution in [0.5, 0.6) is 5.75 Å². The summed E-state index contributed by atoms with van der Waals surface area (Å²) in [6.45, 7) is 5.18. The van der Waals surface area contributed by atoms with Crippen molar-refractivity contribution in [1.82, 2.24) is 14.9 Å². The Morgan fingerprint density at radius 2 is 2.06 bits per heavy atom. The van der Waals surface area contributed by atoms with E-state index in [0.29, 0.717) is 31.1 Å². The number of aryl methyl sites for hydroxylation is 1. The number of carboxylic acid groups (broad SMARTS) is 1. The number of anilines is 1. The van der Waals surface area contributed by atoms with Gasteiger partial charge >= 0.3 is 6.09 Å². The number of fused-ring (bicyclic) bond motifs is 1. The second-order valence-corrected chi connectivity index (χ2v) is 9.32. The van der Waals surface area contributed by atoms with Crippen LogP contribution in [0.2, 0.25) is 0 Å². The van der Waals surface area contributed by atoms with Crippen molar-refractivity contribution in [1.29, 1.82) is 0 Å². The van der Waals surface area contributed by atoms with Crippen molar-refractivity contribution in [2.75, 3.05) is 37.7 Å². The second-order valence-electron chi connectivity index (χ2n) is 9.32. The average molecular weight is 463 g/mol. The van der Waals surface area contributed by atoms with Crippen LogP contribution in [0.4, 0.5) is 10.6 Å². The molecule has 5 rings (SSSR count). The first kappa shape index (κ1) is 22.4. The van der Waals surface area contributed by atoms with Crippen molar-refractivity contribution in [3.05, 3.63) is 48.0 Å². The van der Waals surface area contributed by atoms with Gasteiger partial charge in [0, 0.05) is 31.6 Å². The van der Waals surface area contributed by atoms with Gasteiger partial charge in [0.2, 0.25) is 0 Å². The maximum Gasteiger partial charge on any atom is 0.407 e. The minimum absolute atomic E-state index is 0.0663. The Morgan fingerprint density at radius 3 is 2.82 bits per heavy atom. The molecule has 3 aromatic rings. The monoisotopic (exact) mass is 462 g/mol. The van der Waals surface area contributed by atoms with Gasteiger partial charge in [-0.05, 0) is 61.9 Å². The molecule has 0 saturated carbocycles. The quantitative estimate of drug-likeness (QED) is 0.583. The molecule has 2 atom stereocenters. The van der Waals surface area contributed by atoms with Crippen molar-refractivity contribution < 1.29 is 19.7 Å². The van der Waals surface area contributed by atoms with Gasteiger partial charge in [0.25, 0.3) is 0 Å². The highest BCUT2D eigenvalue weighted by molar-refractivity contribution is 5.92. The summed E-state index contributed by atoms with van der Waals surface area (Å²) in [5.41, 5.74) is 2.53. The van der Waals surface area contributed by atoms with Crippen LogP contribution in [0, 0.1) is 12.8 Å². The van der Waals surface area contributed by atoms with Crippen LogP contribution in [0.1, 0.15) is 24.8 Å². The number of benzene rings is 2. The zero-order chi connectivity index (χ0) is 23.7. The number of nitrogens with zero attached hydrogens (tertiary/aromatic N) is 4. The molecule has 2 fully saturated rings. The third-order valence-corrected chi connectivity index (χ3v) is 6.84. The van der Waals surface area contributed by atoms with Crippen LogP contribution in [0.3, 0.4) is 0 Å². The average Bonchev–Trinajstić information content (AvgIpc) is 3.36. The van der Waals surface area contributed by atoms with Crippen molar-refractivity contribution in [3.63, 3.8) is 0 Å². The fourth-order valence-electron chi connectivity index (χ4n) is 5.08. The molecule has 34 heavy (non-hydrogen) atoms. The fourth-order valence-corrected chi connectivity index (χ4v) is 5.08.